The van der Waals surface area contributed by atoms with Crippen LogP contribution in [0.1, 0.15) is 57.9 Å². The predicted octanol–water partition coefficient (Wildman–Crippen LogP) is 4.71. The van der Waals surface area contributed by atoms with Crippen LogP contribution in [0.3, 0.4) is 0 Å². The molecule has 1 heteroatoms. The number of hydrogen-bond donors (Lipinski definition) is 1. The molecule has 0 amide bonds. The van der Waals surface area contributed by atoms with E-state index < -0.39 is 0 Å². The van der Waals surface area contributed by atoms with Crippen LogP contribution in [0.25, 0.3) is 0 Å². The van der Waals surface area contributed by atoms with Gasteiger partial charge >= 0.3 is 0 Å². The second-order valence-corrected chi connectivity index (χ2v) is 4.96. The van der Waals surface area contributed by atoms with Gasteiger partial charge in [0.25, 0.3) is 0 Å². The van der Waals surface area contributed by atoms with E-state index in [-0.39, 0.29) is 0 Å². The zero-order chi connectivity index (χ0) is 12.0. The summed E-state index contributed by atoms with van der Waals surface area (Å²) in [6.45, 7) is 6.86. The van der Waals surface area contributed by atoms with Gasteiger partial charge in [0.05, 0.1) is 0 Å². The van der Waals surface area contributed by atoms with Gasteiger partial charge in [-0.2, -0.15) is 0 Å². The van der Waals surface area contributed by atoms with Crippen molar-refractivity contribution in [1.82, 2.24) is 0 Å². The van der Waals surface area contributed by atoms with E-state index in [0.717, 1.165) is 5.92 Å². The second-order valence-electron chi connectivity index (χ2n) is 4.96. The molecule has 0 fully saturated rings. The molecule has 1 aromatic rings. The summed E-state index contributed by atoms with van der Waals surface area (Å²) < 4.78 is 0. The number of phenols is 1. The van der Waals surface area contributed by atoms with Crippen LogP contribution in [0.2, 0.25) is 0 Å². The molecule has 0 heterocycles. The average Bonchev–Trinajstić information content (AvgIpc) is 2.27. The van der Waals surface area contributed by atoms with Crippen LogP contribution in [0.15, 0.2) is 24.3 Å². The van der Waals surface area contributed by atoms with Gasteiger partial charge in [-0.05, 0) is 36.0 Å². The normalized spacial score (nSPS) is 14.7. The molecule has 0 aromatic heterocycles. The van der Waals surface area contributed by atoms with Gasteiger partial charge in [-0.1, -0.05) is 52.2 Å². The Hall–Kier alpha value is -0.980. The van der Waals surface area contributed by atoms with Crippen molar-refractivity contribution in [3.8, 4) is 5.75 Å². The third kappa shape index (κ3) is 4.26. The standard InChI is InChI=1S/C15H24O/c1-4-5-12(2)6-7-13(3)14-8-10-15(16)11-9-14/h8-13,16H,4-7H2,1-3H3. The summed E-state index contributed by atoms with van der Waals surface area (Å²) in [5, 5.41) is 9.23. The molecule has 0 bridgehead atoms. The zero-order valence-electron chi connectivity index (χ0n) is 10.7. The van der Waals surface area contributed by atoms with E-state index in [1.165, 1.54) is 31.2 Å². The van der Waals surface area contributed by atoms with Gasteiger partial charge in [0.2, 0.25) is 0 Å². The molecular formula is C15H24O. The summed E-state index contributed by atoms with van der Waals surface area (Å²) in [6, 6.07) is 7.62. The van der Waals surface area contributed by atoms with Gasteiger partial charge in [0.1, 0.15) is 5.75 Å². The van der Waals surface area contributed by atoms with Gasteiger partial charge in [0.15, 0.2) is 0 Å². The minimum absolute atomic E-state index is 0.357. The van der Waals surface area contributed by atoms with Crippen LogP contribution in [0.5, 0.6) is 5.75 Å². The van der Waals surface area contributed by atoms with Crippen LogP contribution >= 0.6 is 0 Å². The molecule has 0 aliphatic rings. The van der Waals surface area contributed by atoms with Gasteiger partial charge in [-0.3, -0.25) is 0 Å². The van der Waals surface area contributed by atoms with Crippen molar-refractivity contribution in [1.29, 1.82) is 0 Å². The Balaban J connectivity index is 2.40. The predicted molar refractivity (Wildman–Crippen MR) is 69.8 cm³/mol. The molecule has 0 saturated heterocycles. The van der Waals surface area contributed by atoms with E-state index in [2.05, 4.69) is 20.8 Å². The highest BCUT2D eigenvalue weighted by Crippen LogP contribution is 2.25. The van der Waals surface area contributed by atoms with Crippen LogP contribution in [-0.4, -0.2) is 5.11 Å². The molecule has 0 spiro atoms. The summed E-state index contributed by atoms with van der Waals surface area (Å²) in [7, 11) is 0. The van der Waals surface area contributed by atoms with Crippen molar-refractivity contribution in [3.05, 3.63) is 29.8 Å². The fourth-order valence-electron chi connectivity index (χ4n) is 2.14. The minimum atomic E-state index is 0.357. The van der Waals surface area contributed by atoms with Gasteiger partial charge in [-0.15, -0.1) is 0 Å². The third-order valence-corrected chi connectivity index (χ3v) is 3.34. The first-order valence-corrected chi connectivity index (χ1v) is 6.42. The SMILES string of the molecule is CCCC(C)CCC(C)c1ccc(O)cc1. The van der Waals surface area contributed by atoms with Crippen LogP contribution in [0.4, 0.5) is 0 Å². The van der Waals surface area contributed by atoms with Crippen molar-refractivity contribution >= 4 is 0 Å². The number of aromatic hydroxyl groups is 1. The highest BCUT2D eigenvalue weighted by Gasteiger charge is 2.08. The largest absolute Gasteiger partial charge is 0.508 e. The molecule has 0 aliphatic carbocycles. The first kappa shape index (κ1) is 13.1. The molecule has 1 rings (SSSR count). The molecule has 0 saturated carbocycles. The van der Waals surface area contributed by atoms with Gasteiger partial charge in [0, 0.05) is 0 Å². The molecule has 90 valence electrons. The van der Waals surface area contributed by atoms with Crippen molar-refractivity contribution in [2.75, 3.05) is 0 Å². The number of phenolic OH excluding ortho intramolecular Hbond substituents is 1. The smallest absolute Gasteiger partial charge is 0.115 e. The van der Waals surface area contributed by atoms with Crippen molar-refractivity contribution in [2.45, 2.75) is 52.4 Å². The summed E-state index contributed by atoms with van der Waals surface area (Å²) in [5.74, 6) is 1.79. The van der Waals surface area contributed by atoms with E-state index in [1.807, 2.05) is 12.1 Å². The van der Waals surface area contributed by atoms with Crippen molar-refractivity contribution in [3.63, 3.8) is 0 Å². The lowest BCUT2D eigenvalue weighted by atomic mass is 9.91. The lowest BCUT2D eigenvalue weighted by Gasteiger charge is -2.15. The topological polar surface area (TPSA) is 20.2 Å². The number of benzene rings is 1. The Bertz CT molecular complexity index is 289. The number of hydrogen-bond acceptors (Lipinski definition) is 1. The molecule has 1 N–H and O–H groups in total. The monoisotopic (exact) mass is 220 g/mol. The van der Waals surface area contributed by atoms with Gasteiger partial charge in [-0.25, -0.2) is 0 Å². The Morgan fingerprint density at radius 3 is 2.19 bits per heavy atom. The quantitative estimate of drug-likeness (QED) is 0.736. The van der Waals surface area contributed by atoms with Crippen LogP contribution in [-0.2, 0) is 0 Å². The van der Waals surface area contributed by atoms with Gasteiger partial charge < -0.3 is 5.11 Å². The first-order chi connectivity index (χ1) is 7.63. The Morgan fingerprint density at radius 2 is 1.62 bits per heavy atom. The molecule has 0 aliphatic heterocycles. The minimum Gasteiger partial charge on any atom is -0.508 e. The average molecular weight is 220 g/mol. The van der Waals surface area contributed by atoms with E-state index >= 15 is 0 Å². The fourth-order valence-corrected chi connectivity index (χ4v) is 2.14. The van der Waals surface area contributed by atoms with Crippen LogP contribution < -0.4 is 0 Å². The lowest BCUT2D eigenvalue weighted by Crippen LogP contribution is -1.99. The first-order valence-electron chi connectivity index (χ1n) is 6.42. The summed E-state index contributed by atoms with van der Waals surface area (Å²) in [6.07, 6.45) is 5.17. The molecular weight excluding hydrogens is 196 g/mol. The maximum Gasteiger partial charge on any atom is 0.115 e. The Labute approximate surface area is 99.5 Å². The van der Waals surface area contributed by atoms with E-state index in [0.29, 0.717) is 11.7 Å². The van der Waals surface area contributed by atoms with Crippen molar-refractivity contribution in [2.24, 2.45) is 5.92 Å². The van der Waals surface area contributed by atoms with E-state index in [1.54, 1.807) is 12.1 Å². The number of rotatable bonds is 6. The molecule has 1 aromatic carbocycles. The molecule has 1 nitrogen and oxygen atoms in total. The summed E-state index contributed by atoms with van der Waals surface area (Å²) >= 11 is 0. The maximum atomic E-state index is 9.23. The summed E-state index contributed by atoms with van der Waals surface area (Å²) in [4.78, 5) is 0. The Kier molecular flexibility index (Phi) is 5.37. The summed E-state index contributed by atoms with van der Waals surface area (Å²) in [5.41, 5.74) is 1.33. The molecule has 2 unspecified atom stereocenters. The zero-order valence-corrected chi connectivity index (χ0v) is 10.7. The highest BCUT2D eigenvalue weighted by atomic mass is 16.3. The van der Waals surface area contributed by atoms with E-state index in [4.69, 9.17) is 0 Å². The highest BCUT2D eigenvalue weighted by molar-refractivity contribution is 5.27. The second kappa shape index (κ2) is 6.57. The maximum absolute atomic E-state index is 9.23. The Morgan fingerprint density at radius 1 is 1.00 bits per heavy atom. The van der Waals surface area contributed by atoms with Crippen molar-refractivity contribution < 1.29 is 5.11 Å². The molecule has 2 atom stereocenters. The van der Waals surface area contributed by atoms with Crippen LogP contribution in [0, 0.1) is 5.92 Å². The van der Waals surface area contributed by atoms with E-state index in [9.17, 15) is 5.11 Å². The third-order valence-electron chi connectivity index (χ3n) is 3.34. The molecule has 0 radical (unpaired) electrons. The lowest BCUT2D eigenvalue weighted by molar-refractivity contribution is 0.448. The molecule has 16 heavy (non-hydrogen) atoms. The fraction of sp³-hybridized carbons (Fsp3) is 0.600.